The Bertz CT molecular complexity index is 1430. The minimum atomic E-state index is -4.23. The zero-order chi connectivity index (χ0) is 30.2. The van der Waals surface area contributed by atoms with Crippen molar-refractivity contribution in [1.82, 2.24) is 10.2 Å². The van der Waals surface area contributed by atoms with Gasteiger partial charge in [0.1, 0.15) is 18.4 Å². The van der Waals surface area contributed by atoms with Gasteiger partial charge in [-0.05, 0) is 54.8 Å². The Balaban J connectivity index is 2.05. The lowest BCUT2D eigenvalue weighted by molar-refractivity contribution is -0.139. The molecule has 0 radical (unpaired) electrons. The molecular weight excluding hydrogens is 549 g/mol. The number of amides is 2. The van der Waals surface area contributed by atoms with E-state index in [1.807, 2.05) is 13.8 Å². The van der Waals surface area contributed by atoms with Gasteiger partial charge in [-0.2, -0.15) is 0 Å². The average Bonchev–Trinajstić information content (AvgIpc) is 2.97. The summed E-state index contributed by atoms with van der Waals surface area (Å²) in [7, 11) is -1.36. The van der Waals surface area contributed by atoms with E-state index < -0.39 is 40.2 Å². The first-order valence-corrected chi connectivity index (χ1v) is 14.5. The van der Waals surface area contributed by atoms with Crippen molar-refractivity contribution in [2.24, 2.45) is 5.92 Å². The number of hydrogen-bond acceptors (Lipinski definition) is 6. The topological polar surface area (TPSA) is 105 Å². The first-order valence-electron chi connectivity index (χ1n) is 13.1. The molecule has 0 fully saturated rings. The third-order valence-corrected chi connectivity index (χ3v) is 8.17. The van der Waals surface area contributed by atoms with Gasteiger partial charge in [0.15, 0.2) is 11.5 Å². The minimum Gasteiger partial charge on any atom is -0.493 e. The van der Waals surface area contributed by atoms with Crippen molar-refractivity contribution < 1.29 is 31.9 Å². The molecule has 2 amide bonds. The number of methoxy groups -OCH3 is 2. The van der Waals surface area contributed by atoms with E-state index in [-0.39, 0.29) is 28.8 Å². The SMILES string of the molecule is COc1ccc(N(CC(=O)N(Cc2ccc(F)cc2)[C@H](C)C(=O)NCC(C)C)S(=O)(=O)c2ccccc2)cc1OC. The van der Waals surface area contributed by atoms with Gasteiger partial charge < -0.3 is 19.7 Å². The molecule has 0 aromatic heterocycles. The normalized spacial score (nSPS) is 12.0. The van der Waals surface area contributed by atoms with E-state index in [9.17, 15) is 22.4 Å². The summed E-state index contributed by atoms with van der Waals surface area (Å²) in [5, 5.41) is 2.83. The van der Waals surface area contributed by atoms with Gasteiger partial charge in [-0.15, -0.1) is 0 Å². The summed E-state index contributed by atoms with van der Waals surface area (Å²) in [5.74, 6) is -0.622. The molecular formula is C30H36FN3O6S. The molecule has 220 valence electrons. The average molecular weight is 586 g/mol. The van der Waals surface area contributed by atoms with Crippen LogP contribution in [0.4, 0.5) is 10.1 Å². The maximum atomic E-state index is 13.9. The molecule has 0 spiro atoms. The second-order valence-corrected chi connectivity index (χ2v) is 11.7. The standard InChI is InChI=1S/C30H36FN3O6S/c1-21(2)18-32-30(36)22(3)33(19-23-11-13-24(31)14-12-23)29(35)20-34(41(37,38)26-9-7-6-8-10-26)25-15-16-27(39-4)28(17-25)40-5/h6-17,21-22H,18-20H2,1-5H3,(H,32,36)/t22-/m1/s1. The Morgan fingerprint density at radius 3 is 2.12 bits per heavy atom. The van der Waals surface area contributed by atoms with Crippen molar-refractivity contribution in [3.05, 3.63) is 84.2 Å². The summed E-state index contributed by atoms with van der Waals surface area (Å²) in [6.07, 6.45) is 0. The molecule has 41 heavy (non-hydrogen) atoms. The van der Waals surface area contributed by atoms with Gasteiger partial charge in [-0.3, -0.25) is 13.9 Å². The number of carbonyl (C=O) groups excluding carboxylic acids is 2. The quantitative estimate of drug-likeness (QED) is 0.322. The molecule has 11 heteroatoms. The number of halogens is 1. The largest absolute Gasteiger partial charge is 0.493 e. The highest BCUT2D eigenvalue weighted by Gasteiger charge is 2.33. The molecule has 0 aliphatic rings. The van der Waals surface area contributed by atoms with Gasteiger partial charge in [0, 0.05) is 19.2 Å². The number of hydrogen-bond donors (Lipinski definition) is 1. The van der Waals surface area contributed by atoms with E-state index in [4.69, 9.17) is 9.47 Å². The predicted molar refractivity (Wildman–Crippen MR) is 155 cm³/mol. The van der Waals surface area contributed by atoms with Crippen LogP contribution in [0.1, 0.15) is 26.3 Å². The van der Waals surface area contributed by atoms with E-state index in [2.05, 4.69) is 5.32 Å². The van der Waals surface area contributed by atoms with Crippen LogP contribution in [0.2, 0.25) is 0 Å². The lowest BCUT2D eigenvalue weighted by atomic mass is 10.1. The fraction of sp³-hybridized carbons (Fsp3) is 0.333. The van der Waals surface area contributed by atoms with Crippen molar-refractivity contribution in [3.63, 3.8) is 0 Å². The smallest absolute Gasteiger partial charge is 0.264 e. The van der Waals surface area contributed by atoms with Crippen LogP contribution in [0.15, 0.2) is 77.7 Å². The third-order valence-electron chi connectivity index (χ3n) is 6.38. The number of anilines is 1. The van der Waals surface area contributed by atoms with E-state index >= 15 is 0 Å². The molecule has 0 bridgehead atoms. The number of nitrogens with one attached hydrogen (secondary N) is 1. The number of carbonyl (C=O) groups is 2. The summed E-state index contributed by atoms with van der Waals surface area (Å²) >= 11 is 0. The Kier molecular flexibility index (Phi) is 10.7. The first-order chi connectivity index (χ1) is 19.5. The van der Waals surface area contributed by atoms with E-state index in [0.717, 1.165) is 4.31 Å². The predicted octanol–water partition coefficient (Wildman–Crippen LogP) is 4.23. The highest BCUT2D eigenvalue weighted by Crippen LogP contribution is 2.34. The summed E-state index contributed by atoms with van der Waals surface area (Å²) in [5.41, 5.74) is 0.741. The van der Waals surface area contributed by atoms with Crippen molar-refractivity contribution in [2.75, 3.05) is 31.6 Å². The molecule has 0 saturated heterocycles. The van der Waals surface area contributed by atoms with Crippen LogP contribution < -0.4 is 19.1 Å². The van der Waals surface area contributed by atoms with Crippen LogP contribution in [-0.2, 0) is 26.2 Å². The van der Waals surface area contributed by atoms with Crippen LogP contribution in [0.25, 0.3) is 0 Å². The van der Waals surface area contributed by atoms with Crippen molar-refractivity contribution in [1.29, 1.82) is 0 Å². The molecule has 3 aromatic carbocycles. The number of sulfonamides is 1. The molecule has 1 atom stereocenters. The summed E-state index contributed by atoms with van der Waals surface area (Å²) < 4.78 is 53.0. The summed E-state index contributed by atoms with van der Waals surface area (Å²) in [6, 6.07) is 16.9. The summed E-state index contributed by atoms with van der Waals surface area (Å²) in [6.45, 7) is 5.21. The van der Waals surface area contributed by atoms with Gasteiger partial charge in [0.25, 0.3) is 10.0 Å². The van der Waals surface area contributed by atoms with Crippen LogP contribution in [-0.4, -0.2) is 58.5 Å². The molecule has 3 rings (SSSR count). The second-order valence-electron chi connectivity index (χ2n) is 9.83. The highest BCUT2D eigenvalue weighted by molar-refractivity contribution is 7.92. The lowest BCUT2D eigenvalue weighted by Gasteiger charge is -2.32. The first kappa shape index (κ1) is 31.4. The number of nitrogens with zero attached hydrogens (tertiary/aromatic N) is 2. The second kappa shape index (κ2) is 14.0. The van der Waals surface area contributed by atoms with Gasteiger partial charge in [-0.1, -0.05) is 44.2 Å². The number of benzene rings is 3. The highest BCUT2D eigenvalue weighted by atomic mass is 32.2. The van der Waals surface area contributed by atoms with Gasteiger partial charge in [0.2, 0.25) is 11.8 Å². The molecule has 3 aromatic rings. The molecule has 9 nitrogen and oxygen atoms in total. The van der Waals surface area contributed by atoms with Crippen LogP contribution >= 0.6 is 0 Å². The minimum absolute atomic E-state index is 0.0182. The molecule has 0 aliphatic heterocycles. The van der Waals surface area contributed by atoms with Crippen LogP contribution in [0.5, 0.6) is 11.5 Å². The van der Waals surface area contributed by atoms with Crippen molar-refractivity contribution >= 4 is 27.5 Å². The molecule has 0 heterocycles. The zero-order valence-electron chi connectivity index (χ0n) is 23.8. The number of ether oxygens (including phenoxy) is 2. The number of rotatable bonds is 13. The Morgan fingerprint density at radius 1 is 0.902 bits per heavy atom. The summed E-state index contributed by atoms with van der Waals surface area (Å²) in [4.78, 5) is 28.3. The van der Waals surface area contributed by atoms with Crippen molar-refractivity contribution in [3.8, 4) is 11.5 Å². The zero-order valence-corrected chi connectivity index (χ0v) is 24.7. The van der Waals surface area contributed by atoms with Crippen LogP contribution in [0.3, 0.4) is 0 Å². The maximum absolute atomic E-state index is 13.9. The van der Waals surface area contributed by atoms with E-state index in [1.54, 1.807) is 31.2 Å². The Hall–Kier alpha value is -4.12. The molecule has 0 saturated carbocycles. The van der Waals surface area contributed by atoms with Gasteiger partial charge in [-0.25, -0.2) is 12.8 Å². The Labute approximate surface area is 240 Å². The molecule has 0 aliphatic carbocycles. The van der Waals surface area contributed by atoms with Gasteiger partial charge in [0.05, 0.1) is 24.8 Å². The molecule has 1 N–H and O–H groups in total. The fourth-order valence-electron chi connectivity index (χ4n) is 4.05. The third kappa shape index (κ3) is 7.97. The van der Waals surface area contributed by atoms with Gasteiger partial charge >= 0.3 is 0 Å². The van der Waals surface area contributed by atoms with Crippen molar-refractivity contribution in [2.45, 2.75) is 38.3 Å². The van der Waals surface area contributed by atoms with E-state index in [0.29, 0.717) is 17.9 Å². The van der Waals surface area contributed by atoms with Crippen LogP contribution in [0, 0.1) is 11.7 Å². The fourth-order valence-corrected chi connectivity index (χ4v) is 5.48. The lowest BCUT2D eigenvalue weighted by Crippen LogP contribution is -2.51. The van der Waals surface area contributed by atoms with E-state index in [1.165, 1.54) is 67.7 Å². The Morgan fingerprint density at radius 2 is 1.54 bits per heavy atom. The monoisotopic (exact) mass is 585 g/mol. The maximum Gasteiger partial charge on any atom is 0.264 e. The molecule has 0 unspecified atom stereocenters.